The molecular formula is C15H17NO2S. The van der Waals surface area contributed by atoms with Gasteiger partial charge in [0.1, 0.15) is 5.75 Å². The fraction of sp³-hybridized carbons (Fsp3) is 0.267. The zero-order valence-electron chi connectivity index (χ0n) is 11.2. The van der Waals surface area contributed by atoms with E-state index in [2.05, 4.69) is 25.2 Å². The summed E-state index contributed by atoms with van der Waals surface area (Å²) in [6, 6.07) is 8.35. The lowest BCUT2D eigenvalue weighted by Crippen LogP contribution is -2.26. The number of aromatic hydroxyl groups is 1. The van der Waals surface area contributed by atoms with Gasteiger partial charge in [0.2, 0.25) is 0 Å². The molecule has 0 spiro atoms. The number of thiophene rings is 1. The van der Waals surface area contributed by atoms with Gasteiger partial charge in [-0.2, -0.15) is 0 Å². The van der Waals surface area contributed by atoms with Crippen molar-refractivity contribution in [1.82, 2.24) is 5.32 Å². The first kappa shape index (κ1) is 13.6. The number of hydrogen-bond donors (Lipinski definition) is 2. The largest absolute Gasteiger partial charge is 0.508 e. The van der Waals surface area contributed by atoms with Crippen molar-refractivity contribution in [1.29, 1.82) is 0 Å². The first-order valence-corrected chi connectivity index (χ1v) is 6.96. The summed E-state index contributed by atoms with van der Waals surface area (Å²) in [4.78, 5) is 14.5. The summed E-state index contributed by atoms with van der Waals surface area (Å²) in [5.74, 6) is 0.0321. The van der Waals surface area contributed by atoms with Crippen molar-refractivity contribution < 1.29 is 9.90 Å². The van der Waals surface area contributed by atoms with Crippen molar-refractivity contribution in [3.8, 4) is 5.75 Å². The van der Waals surface area contributed by atoms with Crippen LogP contribution in [0.2, 0.25) is 0 Å². The zero-order chi connectivity index (χ0) is 14.0. The van der Waals surface area contributed by atoms with Gasteiger partial charge in [-0.05, 0) is 56.7 Å². The molecule has 1 unspecified atom stereocenters. The van der Waals surface area contributed by atoms with Gasteiger partial charge in [-0.1, -0.05) is 0 Å². The molecule has 2 aromatic rings. The van der Waals surface area contributed by atoms with Gasteiger partial charge >= 0.3 is 0 Å². The number of phenolic OH excluding ortho intramolecular Hbond substituents is 1. The monoisotopic (exact) mass is 275 g/mol. The molecule has 1 aromatic carbocycles. The highest BCUT2D eigenvalue weighted by Crippen LogP contribution is 2.26. The summed E-state index contributed by atoms with van der Waals surface area (Å²) in [6.07, 6.45) is 0. The van der Waals surface area contributed by atoms with Crippen LogP contribution in [0.15, 0.2) is 30.3 Å². The van der Waals surface area contributed by atoms with E-state index >= 15 is 0 Å². The van der Waals surface area contributed by atoms with Gasteiger partial charge < -0.3 is 10.4 Å². The predicted octanol–water partition coefficient (Wildman–Crippen LogP) is 3.56. The van der Waals surface area contributed by atoms with E-state index in [1.54, 1.807) is 23.5 Å². The van der Waals surface area contributed by atoms with E-state index in [0.29, 0.717) is 5.56 Å². The molecule has 0 aliphatic carbocycles. The van der Waals surface area contributed by atoms with Gasteiger partial charge in [0.15, 0.2) is 0 Å². The molecule has 100 valence electrons. The molecular weight excluding hydrogens is 258 g/mol. The molecule has 3 nitrogen and oxygen atoms in total. The fourth-order valence-corrected chi connectivity index (χ4v) is 3.07. The second-order valence-electron chi connectivity index (χ2n) is 4.61. The Hall–Kier alpha value is -1.81. The molecule has 19 heavy (non-hydrogen) atoms. The highest BCUT2D eigenvalue weighted by Gasteiger charge is 2.14. The molecule has 0 aliphatic heterocycles. The molecule has 0 fully saturated rings. The van der Waals surface area contributed by atoms with E-state index in [0.717, 1.165) is 5.56 Å². The van der Waals surface area contributed by atoms with Gasteiger partial charge in [0, 0.05) is 15.3 Å². The summed E-state index contributed by atoms with van der Waals surface area (Å²) in [6.45, 7) is 6.11. The van der Waals surface area contributed by atoms with Gasteiger partial charge in [0.25, 0.3) is 5.91 Å². The highest BCUT2D eigenvalue weighted by atomic mass is 32.1. The smallest absolute Gasteiger partial charge is 0.251 e. The number of benzene rings is 1. The number of amides is 1. The van der Waals surface area contributed by atoms with E-state index < -0.39 is 0 Å². The van der Waals surface area contributed by atoms with Crippen LogP contribution in [0.5, 0.6) is 5.75 Å². The lowest BCUT2D eigenvalue weighted by Gasteiger charge is -2.14. The van der Waals surface area contributed by atoms with E-state index in [9.17, 15) is 9.90 Å². The molecule has 0 saturated carbocycles. The maximum Gasteiger partial charge on any atom is 0.251 e. The number of rotatable bonds is 3. The molecule has 2 N–H and O–H groups in total. The van der Waals surface area contributed by atoms with E-state index in [1.807, 2.05) is 6.92 Å². The Labute approximate surface area is 116 Å². The molecule has 0 saturated heterocycles. The molecule has 1 heterocycles. The zero-order valence-corrected chi connectivity index (χ0v) is 12.0. The van der Waals surface area contributed by atoms with Crippen molar-refractivity contribution in [3.63, 3.8) is 0 Å². The van der Waals surface area contributed by atoms with Crippen LogP contribution in [0, 0.1) is 13.8 Å². The number of nitrogens with one attached hydrogen (secondary N) is 1. The van der Waals surface area contributed by atoms with Crippen LogP contribution in [0.1, 0.15) is 38.6 Å². The Bertz CT molecular complexity index is 587. The Balaban J connectivity index is 2.10. The summed E-state index contributed by atoms with van der Waals surface area (Å²) < 4.78 is 0. The summed E-state index contributed by atoms with van der Waals surface area (Å²) in [7, 11) is 0. The first-order valence-electron chi connectivity index (χ1n) is 6.14. The molecule has 1 amide bonds. The van der Waals surface area contributed by atoms with E-state index in [-0.39, 0.29) is 17.7 Å². The third kappa shape index (κ3) is 3.15. The van der Waals surface area contributed by atoms with Crippen LogP contribution >= 0.6 is 11.3 Å². The average molecular weight is 275 g/mol. The minimum atomic E-state index is -0.129. The standard InChI is InChI=1S/C15H17NO2S/c1-9-8-14(11(3)19-9)10(2)16-15(18)12-4-6-13(17)7-5-12/h4-8,10,17H,1-3H3,(H,16,18). The number of hydrogen-bond acceptors (Lipinski definition) is 3. The molecule has 0 radical (unpaired) electrons. The Morgan fingerprint density at radius 1 is 1.26 bits per heavy atom. The van der Waals surface area contributed by atoms with Crippen LogP contribution in [0.4, 0.5) is 0 Å². The topological polar surface area (TPSA) is 49.3 Å². The number of phenols is 1. The molecule has 4 heteroatoms. The Morgan fingerprint density at radius 2 is 1.89 bits per heavy atom. The van der Waals surface area contributed by atoms with Crippen molar-refractivity contribution in [3.05, 3.63) is 51.2 Å². The molecule has 2 rings (SSSR count). The molecule has 0 aliphatic rings. The van der Waals surface area contributed by atoms with Crippen LogP contribution in [-0.2, 0) is 0 Å². The van der Waals surface area contributed by atoms with Crippen LogP contribution < -0.4 is 5.32 Å². The average Bonchev–Trinajstić information content (AvgIpc) is 2.69. The van der Waals surface area contributed by atoms with Gasteiger partial charge in [-0.3, -0.25) is 4.79 Å². The third-order valence-electron chi connectivity index (χ3n) is 3.02. The first-order chi connectivity index (χ1) is 8.97. The predicted molar refractivity (Wildman–Crippen MR) is 77.8 cm³/mol. The van der Waals surface area contributed by atoms with E-state index in [4.69, 9.17) is 0 Å². The van der Waals surface area contributed by atoms with Gasteiger partial charge in [0.05, 0.1) is 6.04 Å². The second kappa shape index (κ2) is 5.45. The molecule has 0 bridgehead atoms. The summed E-state index contributed by atoms with van der Waals surface area (Å²) in [5, 5.41) is 12.2. The maximum absolute atomic E-state index is 12.1. The SMILES string of the molecule is Cc1cc(C(C)NC(=O)c2ccc(O)cc2)c(C)s1. The Morgan fingerprint density at radius 3 is 2.42 bits per heavy atom. The van der Waals surface area contributed by atoms with Crippen molar-refractivity contribution in [2.75, 3.05) is 0 Å². The Kier molecular flexibility index (Phi) is 3.90. The van der Waals surface area contributed by atoms with Crippen molar-refractivity contribution >= 4 is 17.2 Å². The normalized spacial score (nSPS) is 12.2. The third-order valence-corrected chi connectivity index (χ3v) is 4.00. The van der Waals surface area contributed by atoms with Crippen molar-refractivity contribution in [2.45, 2.75) is 26.8 Å². The quantitative estimate of drug-likeness (QED) is 0.899. The minimum absolute atomic E-state index is 0.0220. The fourth-order valence-electron chi connectivity index (χ4n) is 2.05. The molecule has 1 aromatic heterocycles. The van der Waals surface area contributed by atoms with Crippen LogP contribution in [-0.4, -0.2) is 11.0 Å². The second-order valence-corrected chi connectivity index (χ2v) is 6.07. The van der Waals surface area contributed by atoms with E-state index in [1.165, 1.54) is 21.9 Å². The van der Waals surface area contributed by atoms with Gasteiger partial charge in [-0.15, -0.1) is 11.3 Å². The number of carbonyl (C=O) groups is 1. The lowest BCUT2D eigenvalue weighted by molar-refractivity contribution is 0.0940. The van der Waals surface area contributed by atoms with Crippen LogP contribution in [0.25, 0.3) is 0 Å². The maximum atomic E-state index is 12.1. The van der Waals surface area contributed by atoms with Crippen LogP contribution in [0.3, 0.4) is 0 Å². The van der Waals surface area contributed by atoms with Crippen molar-refractivity contribution in [2.24, 2.45) is 0 Å². The highest BCUT2D eigenvalue weighted by molar-refractivity contribution is 7.12. The summed E-state index contributed by atoms with van der Waals surface area (Å²) in [5.41, 5.74) is 1.71. The van der Waals surface area contributed by atoms with Gasteiger partial charge in [-0.25, -0.2) is 0 Å². The number of carbonyl (C=O) groups excluding carboxylic acids is 1. The molecule has 1 atom stereocenters. The lowest BCUT2D eigenvalue weighted by atomic mass is 10.1. The summed E-state index contributed by atoms with van der Waals surface area (Å²) >= 11 is 1.74. The minimum Gasteiger partial charge on any atom is -0.508 e. The number of aryl methyl sites for hydroxylation is 2.